The highest BCUT2D eigenvalue weighted by molar-refractivity contribution is 5.27. The Morgan fingerprint density at radius 1 is 1.00 bits per heavy atom. The number of nitrogens with one attached hydrogen (secondary N) is 1. The number of benzene rings is 1. The van der Waals surface area contributed by atoms with Gasteiger partial charge in [-0.25, -0.2) is 0 Å². The minimum absolute atomic E-state index is 0.0722. The lowest BCUT2D eigenvalue weighted by Gasteiger charge is -2.32. The first kappa shape index (κ1) is 14.5. The summed E-state index contributed by atoms with van der Waals surface area (Å²) in [6.45, 7) is 4.46. The Labute approximate surface area is 117 Å². The Kier molecular flexibility index (Phi) is 5.00. The predicted molar refractivity (Wildman–Crippen MR) is 80.3 cm³/mol. The molecule has 0 aromatic heterocycles. The van der Waals surface area contributed by atoms with Crippen molar-refractivity contribution >= 4 is 0 Å². The first-order chi connectivity index (χ1) is 9.11. The summed E-state index contributed by atoms with van der Waals surface area (Å²) in [5, 5.41) is 13.1. The van der Waals surface area contributed by atoms with Crippen LogP contribution in [0.4, 0.5) is 0 Å². The van der Waals surface area contributed by atoms with E-state index in [1.807, 2.05) is 7.05 Å². The van der Waals surface area contributed by atoms with Gasteiger partial charge in [-0.2, -0.15) is 0 Å². The summed E-state index contributed by atoms with van der Waals surface area (Å²) in [5.74, 6) is 1.24. The third-order valence-corrected chi connectivity index (χ3v) is 4.49. The molecule has 0 bridgehead atoms. The molecule has 1 aliphatic carbocycles. The summed E-state index contributed by atoms with van der Waals surface area (Å²) in [6.07, 6.45) is 4.08. The van der Waals surface area contributed by atoms with Crippen molar-refractivity contribution in [1.82, 2.24) is 5.32 Å². The lowest BCUT2D eigenvalue weighted by atomic mass is 9.80. The van der Waals surface area contributed by atoms with E-state index in [1.165, 1.54) is 11.1 Å². The Morgan fingerprint density at radius 2 is 1.53 bits per heavy atom. The van der Waals surface area contributed by atoms with Gasteiger partial charge in [0.05, 0.1) is 6.10 Å². The maximum atomic E-state index is 9.63. The van der Waals surface area contributed by atoms with Gasteiger partial charge in [-0.15, -0.1) is 0 Å². The van der Waals surface area contributed by atoms with Gasteiger partial charge < -0.3 is 10.4 Å². The normalized spacial score (nSPS) is 25.5. The standard InChI is InChI=1S/C17H27NO/c1-12(2)13-4-6-14(7-5-13)17(18-3)15-8-10-16(19)11-9-15/h4-7,12,15-19H,8-11H2,1-3H3. The highest BCUT2D eigenvalue weighted by atomic mass is 16.3. The Bertz CT molecular complexity index is 377. The van der Waals surface area contributed by atoms with Crippen LogP contribution in [0.2, 0.25) is 0 Å². The van der Waals surface area contributed by atoms with Crippen molar-refractivity contribution in [3.63, 3.8) is 0 Å². The van der Waals surface area contributed by atoms with Crippen LogP contribution in [0.5, 0.6) is 0 Å². The lowest BCUT2D eigenvalue weighted by molar-refractivity contribution is 0.0981. The maximum Gasteiger partial charge on any atom is 0.0540 e. The fraction of sp³-hybridized carbons (Fsp3) is 0.647. The van der Waals surface area contributed by atoms with E-state index in [1.54, 1.807) is 0 Å². The Balaban J connectivity index is 2.08. The molecule has 2 nitrogen and oxygen atoms in total. The zero-order chi connectivity index (χ0) is 13.8. The summed E-state index contributed by atoms with van der Waals surface area (Å²) < 4.78 is 0. The van der Waals surface area contributed by atoms with Crippen molar-refractivity contribution in [2.24, 2.45) is 5.92 Å². The van der Waals surface area contributed by atoms with E-state index in [2.05, 4.69) is 43.4 Å². The fourth-order valence-corrected chi connectivity index (χ4v) is 3.20. The van der Waals surface area contributed by atoms with Crippen molar-refractivity contribution in [1.29, 1.82) is 0 Å². The van der Waals surface area contributed by atoms with Crippen LogP contribution in [-0.4, -0.2) is 18.3 Å². The molecule has 1 saturated carbocycles. The average Bonchev–Trinajstić information content (AvgIpc) is 2.42. The SMILES string of the molecule is CNC(c1ccc(C(C)C)cc1)C1CCC(O)CC1. The molecule has 0 heterocycles. The quantitative estimate of drug-likeness (QED) is 0.867. The third kappa shape index (κ3) is 3.58. The van der Waals surface area contributed by atoms with Gasteiger partial charge in [0.1, 0.15) is 0 Å². The summed E-state index contributed by atoms with van der Waals surface area (Å²) >= 11 is 0. The third-order valence-electron chi connectivity index (χ3n) is 4.49. The molecule has 1 aliphatic rings. The first-order valence-electron chi connectivity index (χ1n) is 7.57. The second-order valence-corrected chi connectivity index (χ2v) is 6.16. The number of hydrogen-bond acceptors (Lipinski definition) is 2. The maximum absolute atomic E-state index is 9.63. The highest BCUT2D eigenvalue weighted by Crippen LogP contribution is 2.34. The van der Waals surface area contributed by atoms with E-state index in [4.69, 9.17) is 0 Å². The minimum Gasteiger partial charge on any atom is -0.393 e. The molecule has 2 N–H and O–H groups in total. The molecule has 0 radical (unpaired) electrons. The fourth-order valence-electron chi connectivity index (χ4n) is 3.20. The van der Waals surface area contributed by atoms with Crippen molar-refractivity contribution in [2.45, 2.75) is 57.6 Å². The van der Waals surface area contributed by atoms with Crippen LogP contribution in [0.1, 0.15) is 62.6 Å². The van der Waals surface area contributed by atoms with Crippen molar-refractivity contribution < 1.29 is 5.11 Å². The monoisotopic (exact) mass is 261 g/mol. The van der Waals surface area contributed by atoms with Gasteiger partial charge in [0.25, 0.3) is 0 Å². The molecule has 1 aromatic rings. The minimum atomic E-state index is -0.0722. The van der Waals surface area contributed by atoms with Crippen LogP contribution < -0.4 is 5.32 Å². The molecule has 2 heteroatoms. The molecular formula is C17H27NO. The van der Waals surface area contributed by atoms with Gasteiger partial charge in [0.2, 0.25) is 0 Å². The van der Waals surface area contributed by atoms with Crippen molar-refractivity contribution in [2.75, 3.05) is 7.05 Å². The number of aliphatic hydroxyl groups is 1. The second kappa shape index (κ2) is 6.53. The number of aliphatic hydroxyl groups excluding tert-OH is 1. The van der Waals surface area contributed by atoms with Gasteiger partial charge in [-0.3, -0.25) is 0 Å². The highest BCUT2D eigenvalue weighted by Gasteiger charge is 2.26. The molecule has 106 valence electrons. The molecule has 2 rings (SSSR count). The molecule has 19 heavy (non-hydrogen) atoms. The summed E-state index contributed by atoms with van der Waals surface area (Å²) in [5.41, 5.74) is 2.78. The van der Waals surface area contributed by atoms with Crippen LogP contribution >= 0.6 is 0 Å². The van der Waals surface area contributed by atoms with Crippen LogP contribution in [0, 0.1) is 5.92 Å². The lowest BCUT2D eigenvalue weighted by Crippen LogP contribution is -2.30. The molecule has 0 spiro atoms. The zero-order valence-corrected chi connectivity index (χ0v) is 12.4. The largest absolute Gasteiger partial charge is 0.393 e. The smallest absolute Gasteiger partial charge is 0.0540 e. The summed E-state index contributed by atoms with van der Waals surface area (Å²) in [7, 11) is 2.05. The van der Waals surface area contributed by atoms with E-state index in [0.29, 0.717) is 17.9 Å². The van der Waals surface area contributed by atoms with Gasteiger partial charge in [0.15, 0.2) is 0 Å². The van der Waals surface area contributed by atoms with E-state index in [-0.39, 0.29) is 6.10 Å². The van der Waals surface area contributed by atoms with Gasteiger partial charge in [-0.1, -0.05) is 38.1 Å². The van der Waals surface area contributed by atoms with E-state index < -0.39 is 0 Å². The summed E-state index contributed by atoms with van der Waals surface area (Å²) in [4.78, 5) is 0. The van der Waals surface area contributed by atoms with Gasteiger partial charge in [-0.05, 0) is 55.7 Å². The molecule has 1 fully saturated rings. The van der Waals surface area contributed by atoms with Crippen LogP contribution in [0.15, 0.2) is 24.3 Å². The van der Waals surface area contributed by atoms with Gasteiger partial charge >= 0.3 is 0 Å². The van der Waals surface area contributed by atoms with Crippen molar-refractivity contribution in [3.05, 3.63) is 35.4 Å². The molecule has 1 atom stereocenters. The predicted octanol–water partition coefficient (Wildman–Crippen LogP) is 3.62. The second-order valence-electron chi connectivity index (χ2n) is 6.16. The van der Waals surface area contributed by atoms with Crippen LogP contribution in [0.3, 0.4) is 0 Å². The number of hydrogen-bond donors (Lipinski definition) is 2. The molecule has 0 amide bonds. The first-order valence-corrected chi connectivity index (χ1v) is 7.57. The Morgan fingerprint density at radius 3 is 2.00 bits per heavy atom. The molecule has 0 saturated heterocycles. The Hall–Kier alpha value is -0.860. The molecular weight excluding hydrogens is 234 g/mol. The van der Waals surface area contributed by atoms with Crippen LogP contribution in [0.25, 0.3) is 0 Å². The number of rotatable bonds is 4. The van der Waals surface area contributed by atoms with E-state index >= 15 is 0 Å². The zero-order valence-electron chi connectivity index (χ0n) is 12.4. The molecule has 1 unspecified atom stereocenters. The topological polar surface area (TPSA) is 32.3 Å². The molecule has 0 aliphatic heterocycles. The van der Waals surface area contributed by atoms with E-state index in [9.17, 15) is 5.11 Å². The molecule has 1 aromatic carbocycles. The summed E-state index contributed by atoms with van der Waals surface area (Å²) in [6, 6.07) is 9.46. The average molecular weight is 261 g/mol. The van der Waals surface area contributed by atoms with Gasteiger partial charge in [0, 0.05) is 6.04 Å². The van der Waals surface area contributed by atoms with Crippen LogP contribution in [-0.2, 0) is 0 Å². The van der Waals surface area contributed by atoms with E-state index in [0.717, 1.165) is 25.7 Å². The van der Waals surface area contributed by atoms with Crippen molar-refractivity contribution in [3.8, 4) is 0 Å².